The van der Waals surface area contributed by atoms with E-state index in [1.54, 1.807) is 4.88 Å². The average molecular weight is 243 g/mol. The van der Waals surface area contributed by atoms with Gasteiger partial charge in [-0.15, -0.1) is 11.3 Å². The third kappa shape index (κ3) is 1.71. The molecule has 2 bridgehead atoms. The third-order valence-electron chi connectivity index (χ3n) is 4.32. The van der Waals surface area contributed by atoms with Gasteiger partial charge in [0, 0.05) is 21.7 Å². The fraction of sp³-hybridized carbons (Fsp3) is 0.467. The van der Waals surface area contributed by atoms with Gasteiger partial charge in [-0.1, -0.05) is 18.2 Å². The van der Waals surface area contributed by atoms with Gasteiger partial charge in [0.1, 0.15) is 0 Å². The number of nitrogens with one attached hydrogen (secondary N) is 1. The summed E-state index contributed by atoms with van der Waals surface area (Å²) < 4.78 is 1.45. The van der Waals surface area contributed by atoms with Crippen LogP contribution >= 0.6 is 11.3 Å². The van der Waals surface area contributed by atoms with Crippen molar-refractivity contribution < 1.29 is 0 Å². The molecule has 0 unspecified atom stereocenters. The largest absolute Gasteiger partial charge is 0.311 e. The fourth-order valence-corrected chi connectivity index (χ4v) is 4.68. The van der Waals surface area contributed by atoms with Crippen LogP contribution in [-0.4, -0.2) is 12.1 Å². The summed E-state index contributed by atoms with van der Waals surface area (Å²) in [5.74, 6) is 0.811. The van der Waals surface area contributed by atoms with E-state index in [0.29, 0.717) is 0 Å². The molecule has 1 aromatic heterocycles. The minimum Gasteiger partial charge on any atom is -0.311 e. The first-order valence-electron chi connectivity index (χ1n) is 6.63. The van der Waals surface area contributed by atoms with Crippen LogP contribution in [-0.2, 0) is 0 Å². The quantitative estimate of drug-likeness (QED) is 0.801. The van der Waals surface area contributed by atoms with Gasteiger partial charge >= 0.3 is 0 Å². The minimum atomic E-state index is 0.795. The summed E-state index contributed by atoms with van der Waals surface area (Å²) in [5, 5.41) is 5.16. The molecular formula is C15H17NS. The molecular weight excluding hydrogens is 226 g/mol. The Hall–Kier alpha value is -0.860. The molecule has 0 radical (unpaired) electrons. The Morgan fingerprint density at radius 3 is 2.59 bits per heavy atom. The minimum absolute atomic E-state index is 0.795. The number of benzene rings is 1. The van der Waals surface area contributed by atoms with E-state index in [0.717, 1.165) is 18.0 Å². The van der Waals surface area contributed by atoms with Gasteiger partial charge in [-0.2, -0.15) is 0 Å². The molecule has 1 aromatic carbocycles. The normalized spacial score (nSPS) is 32.1. The van der Waals surface area contributed by atoms with Crippen LogP contribution in [0.3, 0.4) is 0 Å². The van der Waals surface area contributed by atoms with Crippen LogP contribution in [0, 0.1) is 0 Å². The molecule has 0 amide bonds. The Kier molecular flexibility index (Phi) is 2.27. The van der Waals surface area contributed by atoms with Gasteiger partial charge < -0.3 is 5.32 Å². The second-order valence-electron chi connectivity index (χ2n) is 5.49. The first kappa shape index (κ1) is 10.1. The molecule has 0 saturated carbocycles. The Morgan fingerprint density at radius 1 is 1.06 bits per heavy atom. The highest BCUT2D eigenvalue weighted by atomic mass is 32.1. The van der Waals surface area contributed by atoms with Gasteiger partial charge in [-0.25, -0.2) is 0 Å². The molecule has 1 nitrogen and oxygen atoms in total. The Balaban J connectivity index is 1.69. The van der Waals surface area contributed by atoms with Gasteiger partial charge in [-0.3, -0.25) is 0 Å². The number of piperidine rings is 1. The number of thiophene rings is 1. The summed E-state index contributed by atoms with van der Waals surface area (Å²) in [5.41, 5.74) is 0. The van der Waals surface area contributed by atoms with Crippen LogP contribution in [0.2, 0.25) is 0 Å². The molecule has 2 fully saturated rings. The van der Waals surface area contributed by atoms with E-state index in [-0.39, 0.29) is 0 Å². The zero-order valence-corrected chi connectivity index (χ0v) is 10.7. The zero-order chi connectivity index (χ0) is 11.2. The molecule has 4 rings (SSSR count). The van der Waals surface area contributed by atoms with E-state index in [4.69, 9.17) is 0 Å². The number of hydrogen-bond donors (Lipinski definition) is 1. The van der Waals surface area contributed by atoms with E-state index in [1.165, 1.54) is 35.8 Å². The Bertz CT molecular complexity index is 500. The summed E-state index contributed by atoms with van der Waals surface area (Å²) in [6, 6.07) is 12.8. The smallest absolute Gasteiger partial charge is 0.0345 e. The maximum absolute atomic E-state index is 3.73. The van der Waals surface area contributed by atoms with Crippen molar-refractivity contribution in [2.24, 2.45) is 0 Å². The molecule has 2 aromatic rings. The van der Waals surface area contributed by atoms with Crippen molar-refractivity contribution in [3.63, 3.8) is 0 Å². The molecule has 17 heavy (non-hydrogen) atoms. The highest BCUT2D eigenvalue weighted by Crippen LogP contribution is 2.41. The van der Waals surface area contributed by atoms with Crippen molar-refractivity contribution in [3.8, 4) is 0 Å². The summed E-state index contributed by atoms with van der Waals surface area (Å²) in [7, 11) is 0. The molecule has 2 saturated heterocycles. The average Bonchev–Trinajstić information content (AvgIpc) is 2.92. The lowest BCUT2D eigenvalue weighted by Gasteiger charge is -2.28. The van der Waals surface area contributed by atoms with E-state index < -0.39 is 0 Å². The van der Waals surface area contributed by atoms with E-state index in [9.17, 15) is 0 Å². The molecule has 88 valence electrons. The maximum atomic E-state index is 3.73. The van der Waals surface area contributed by atoms with Crippen LogP contribution in [0.4, 0.5) is 0 Å². The van der Waals surface area contributed by atoms with Crippen LogP contribution < -0.4 is 5.32 Å². The monoisotopic (exact) mass is 243 g/mol. The number of rotatable bonds is 1. The highest BCUT2D eigenvalue weighted by Gasteiger charge is 2.34. The van der Waals surface area contributed by atoms with Crippen molar-refractivity contribution in [1.82, 2.24) is 5.32 Å². The second-order valence-corrected chi connectivity index (χ2v) is 6.61. The van der Waals surface area contributed by atoms with Crippen molar-refractivity contribution in [3.05, 3.63) is 35.2 Å². The molecule has 0 aliphatic carbocycles. The van der Waals surface area contributed by atoms with Gasteiger partial charge in [0.2, 0.25) is 0 Å². The molecule has 1 N–H and O–H groups in total. The molecule has 2 aliphatic heterocycles. The van der Waals surface area contributed by atoms with Gasteiger partial charge in [0.05, 0.1) is 0 Å². The first-order valence-corrected chi connectivity index (χ1v) is 7.44. The lowest BCUT2D eigenvalue weighted by atomic mass is 9.91. The van der Waals surface area contributed by atoms with Gasteiger partial charge in [0.15, 0.2) is 0 Å². The fourth-order valence-electron chi connectivity index (χ4n) is 3.49. The van der Waals surface area contributed by atoms with Crippen molar-refractivity contribution >= 4 is 21.4 Å². The Labute approximate surface area is 106 Å². The van der Waals surface area contributed by atoms with Crippen LogP contribution in [0.25, 0.3) is 10.1 Å². The van der Waals surface area contributed by atoms with Crippen LogP contribution in [0.5, 0.6) is 0 Å². The lowest BCUT2D eigenvalue weighted by Crippen LogP contribution is -2.36. The molecule has 2 aliphatic rings. The molecule has 0 spiro atoms. The van der Waals surface area contributed by atoms with Crippen molar-refractivity contribution in [1.29, 1.82) is 0 Å². The summed E-state index contributed by atoms with van der Waals surface area (Å²) in [4.78, 5) is 1.62. The van der Waals surface area contributed by atoms with E-state index in [2.05, 4.69) is 35.6 Å². The zero-order valence-electron chi connectivity index (χ0n) is 9.86. The van der Waals surface area contributed by atoms with Crippen molar-refractivity contribution in [2.45, 2.75) is 43.7 Å². The highest BCUT2D eigenvalue weighted by molar-refractivity contribution is 7.19. The first-order chi connectivity index (χ1) is 8.38. The predicted octanol–water partition coefficient (Wildman–Crippen LogP) is 3.90. The maximum Gasteiger partial charge on any atom is 0.0345 e. The Morgan fingerprint density at radius 2 is 1.82 bits per heavy atom. The SMILES string of the molecule is c1ccc2sc([C@@H]3C[C@H]4CC[C@@H](C3)N4)cc2c1. The van der Waals surface area contributed by atoms with Gasteiger partial charge in [-0.05, 0) is 49.1 Å². The standard InChI is InChI=1S/C15H17NS/c1-2-4-14-10(3-1)9-15(17-14)11-7-12-5-6-13(8-11)16-12/h1-4,9,11-13,16H,5-8H2/t11-,12-,13+. The summed E-state index contributed by atoms with van der Waals surface area (Å²) in [6.45, 7) is 0. The lowest BCUT2D eigenvalue weighted by molar-refractivity contribution is 0.366. The second kappa shape index (κ2) is 3.82. The number of fused-ring (bicyclic) bond motifs is 3. The van der Waals surface area contributed by atoms with Crippen LogP contribution in [0.1, 0.15) is 36.5 Å². The van der Waals surface area contributed by atoms with E-state index >= 15 is 0 Å². The topological polar surface area (TPSA) is 12.0 Å². The van der Waals surface area contributed by atoms with E-state index in [1.807, 2.05) is 11.3 Å². The third-order valence-corrected chi connectivity index (χ3v) is 5.60. The van der Waals surface area contributed by atoms with Crippen LogP contribution in [0.15, 0.2) is 30.3 Å². The molecule has 3 atom stereocenters. The number of hydrogen-bond acceptors (Lipinski definition) is 2. The summed E-state index contributed by atoms with van der Waals surface area (Å²) in [6.07, 6.45) is 5.49. The molecule has 2 heteroatoms. The summed E-state index contributed by atoms with van der Waals surface area (Å²) >= 11 is 2.01. The predicted molar refractivity (Wildman–Crippen MR) is 73.7 cm³/mol. The molecule has 3 heterocycles. The van der Waals surface area contributed by atoms with Gasteiger partial charge in [0.25, 0.3) is 0 Å². The van der Waals surface area contributed by atoms with Crippen molar-refractivity contribution in [2.75, 3.05) is 0 Å².